The topological polar surface area (TPSA) is 118 Å². The molecule has 0 bridgehead atoms. The first-order valence-electron chi connectivity index (χ1n) is 7.32. The number of pyridine rings is 1. The number of amides is 1. The summed E-state index contributed by atoms with van der Waals surface area (Å²) in [6.07, 6.45) is 1.40. The van der Waals surface area contributed by atoms with Crippen molar-refractivity contribution in [2.45, 2.75) is 17.9 Å². The Labute approximate surface area is 148 Å². The summed E-state index contributed by atoms with van der Waals surface area (Å²) >= 11 is 1.34. The maximum atomic E-state index is 11.1. The van der Waals surface area contributed by atoms with Crippen molar-refractivity contribution in [3.8, 4) is 5.88 Å². The first kappa shape index (κ1) is 18.7. The number of nitro benzene ring substituents is 1. The standard InChI is InChI=1S/C16H17N3O5S/c1-25-14-6-5-11(9-13(14)19(21)22)7-8-23-10-12-3-2-4-15(18-12)24-16(17)20/h2-6,9H,7-8,10H2,1H3,(H2,17,20). The number of primary amides is 1. The second kappa shape index (κ2) is 9.00. The molecule has 1 aromatic carbocycles. The SMILES string of the molecule is CSc1ccc(CCOCc2cccc(OC(N)=O)n2)cc1[N+](=O)[O-]. The molecule has 0 spiro atoms. The molecular weight excluding hydrogens is 346 g/mol. The molecule has 2 rings (SSSR count). The Hall–Kier alpha value is -2.65. The lowest BCUT2D eigenvalue weighted by molar-refractivity contribution is -0.387. The second-order valence-electron chi connectivity index (χ2n) is 4.95. The van der Waals surface area contributed by atoms with Gasteiger partial charge < -0.3 is 15.2 Å². The van der Waals surface area contributed by atoms with E-state index in [9.17, 15) is 14.9 Å². The van der Waals surface area contributed by atoms with Crippen LogP contribution in [0.3, 0.4) is 0 Å². The van der Waals surface area contributed by atoms with Crippen molar-refractivity contribution in [2.75, 3.05) is 12.9 Å². The van der Waals surface area contributed by atoms with E-state index in [1.54, 1.807) is 30.5 Å². The van der Waals surface area contributed by atoms with Crippen LogP contribution in [0, 0.1) is 10.1 Å². The van der Waals surface area contributed by atoms with Crippen LogP contribution in [0.25, 0.3) is 0 Å². The van der Waals surface area contributed by atoms with Gasteiger partial charge in [-0.15, -0.1) is 11.8 Å². The van der Waals surface area contributed by atoms with Crippen molar-refractivity contribution in [3.63, 3.8) is 0 Å². The van der Waals surface area contributed by atoms with E-state index in [2.05, 4.69) is 4.98 Å². The van der Waals surface area contributed by atoms with Crippen LogP contribution in [0.2, 0.25) is 0 Å². The van der Waals surface area contributed by atoms with Crippen LogP contribution < -0.4 is 10.5 Å². The van der Waals surface area contributed by atoms with E-state index in [0.29, 0.717) is 23.6 Å². The maximum absolute atomic E-state index is 11.1. The van der Waals surface area contributed by atoms with E-state index >= 15 is 0 Å². The third-order valence-electron chi connectivity index (χ3n) is 3.21. The molecule has 2 aromatic rings. The van der Waals surface area contributed by atoms with Crippen LogP contribution in [0.4, 0.5) is 10.5 Å². The zero-order valence-corrected chi connectivity index (χ0v) is 14.3. The molecule has 0 aliphatic carbocycles. The predicted octanol–water partition coefficient (Wildman–Crippen LogP) is 2.93. The van der Waals surface area contributed by atoms with Gasteiger partial charge in [-0.2, -0.15) is 0 Å². The molecule has 0 saturated carbocycles. The lowest BCUT2D eigenvalue weighted by atomic mass is 10.1. The van der Waals surface area contributed by atoms with Gasteiger partial charge >= 0.3 is 6.09 Å². The molecule has 1 heterocycles. The van der Waals surface area contributed by atoms with Crippen molar-refractivity contribution in [3.05, 3.63) is 57.8 Å². The number of benzene rings is 1. The molecule has 0 radical (unpaired) electrons. The van der Waals surface area contributed by atoms with Gasteiger partial charge in [0.15, 0.2) is 0 Å². The number of hydrogen-bond donors (Lipinski definition) is 1. The molecule has 9 heteroatoms. The number of nitrogens with zero attached hydrogens (tertiary/aromatic N) is 2. The fourth-order valence-electron chi connectivity index (χ4n) is 2.10. The summed E-state index contributed by atoms with van der Waals surface area (Å²) in [4.78, 5) is 26.1. The van der Waals surface area contributed by atoms with Crippen LogP contribution in [-0.2, 0) is 17.8 Å². The fourth-order valence-corrected chi connectivity index (χ4v) is 2.65. The summed E-state index contributed by atoms with van der Waals surface area (Å²) in [7, 11) is 0. The van der Waals surface area contributed by atoms with Gasteiger partial charge in [0.25, 0.3) is 5.69 Å². The smallest absolute Gasteiger partial charge is 0.391 e. The predicted molar refractivity (Wildman–Crippen MR) is 92.7 cm³/mol. The summed E-state index contributed by atoms with van der Waals surface area (Å²) in [6, 6.07) is 10.1. The molecule has 25 heavy (non-hydrogen) atoms. The lowest BCUT2D eigenvalue weighted by Gasteiger charge is -2.07. The van der Waals surface area contributed by atoms with Crippen molar-refractivity contribution < 1.29 is 19.2 Å². The molecule has 2 N–H and O–H groups in total. The normalized spacial score (nSPS) is 10.4. The minimum absolute atomic E-state index is 0.1000. The highest BCUT2D eigenvalue weighted by molar-refractivity contribution is 7.98. The molecule has 0 unspecified atom stereocenters. The highest BCUT2D eigenvalue weighted by Crippen LogP contribution is 2.28. The molecule has 0 aliphatic heterocycles. The van der Waals surface area contributed by atoms with Gasteiger partial charge in [0.1, 0.15) is 0 Å². The summed E-state index contributed by atoms with van der Waals surface area (Å²) in [5.74, 6) is 0.108. The largest absolute Gasteiger partial charge is 0.411 e. The number of hydrogen-bond acceptors (Lipinski definition) is 7. The van der Waals surface area contributed by atoms with E-state index in [0.717, 1.165) is 5.56 Å². The van der Waals surface area contributed by atoms with Crippen molar-refractivity contribution in [1.82, 2.24) is 4.98 Å². The summed E-state index contributed by atoms with van der Waals surface area (Å²) in [5.41, 5.74) is 6.44. The maximum Gasteiger partial charge on any atom is 0.411 e. The highest BCUT2D eigenvalue weighted by atomic mass is 32.2. The Bertz CT molecular complexity index is 769. The highest BCUT2D eigenvalue weighted by Gasteiger charge is 2.13. The van der Waals surface area contributed by atoms with Crippen molar-refractivity contribution in [1.29, 1.82) is 0 Å². The van der Waals surface area contributed by atoms with Crippen LogP contribution >= 0.6 is 11.8 Å². The monoisotopic (exact) mass is 363 g/mol. The molecule has 0 atom stereocenters. The number of aromatic nitrogens is 1. The van der Waals surface area contributed by atoms with Crippen molar-refractivity contribution in [2.24, 2.45) is 5.73 Å². The molecule has 1 aromatic heterocycles. The third kappa shape index (κ3) is 5.73. The van der Waals surface area contributed by atoms with E-state index < -0.39 is 6.09 Å². The minimum Gasteiger partial charge on any atom is -0.391 e. The average molecular weight is 363 g/mol. The molecule has 0 aliphatic rings. The van der Waals surface area contributed by atoms with Gasteiger partial charge in [-0.3, -0.25) is 10.1 Å². The Kier molecular flexibility index (Phi) is 6.72. The van der Waals surface area contributed by atoms with Crippen molar-refractivity contribution >= 4 is 23.5 Å². The first-order valence-corrected chi connectivity index (χ1v) is 8.54. The van der Waals surface area contributed by atoms with Crippen LogP contribution in [0.5, 0.6) is 5.88 Å². The molecule has 1 amide bonds. The Morgan fingerprint density at radius 3 is 2.84 bits per heavy atom. The molecular formula is C16H17N3O5S. The molecule has 0 fully saturated rings. The number of rotatable bonds is 8. The lowest BCUT2D eigenvalue weighted by Crippen LogP contribution is -2.17. The van der Waals surface area contributed by atoms with Crippen LogP contribution in [0.15, 0.2) is 41.3 Å². The third-order valence-corrected chi connectivity index (χ3v) is 4.00. The zero-order valence-electron chi connectivity index (χ0n) is 13.5. The first-order chi connectivity index (χ1) is 12.0. The quantitative estimate of drug-likeness (QED) is 0.331. The number of ether oxygens (including phenoxy) is 2. The fraction of sp³-hybridized carbons (Fsp3) is 0.250. The Morgan fingerprint density at radius 1 is 1.36 bits per heavy atom. The molecule has 0 saturated heterocycles. The molecule has 8 nitrogen and oxygen atoms in total. The minimum atomic E-state index is -0.930. The van der Waals surface area contributed by atoms with Gasteiger partial charge in [-0.05, 0) is 30.4 Å². The second-order valence-corrected chi connectivity index (χ2v) is 5.80. The average Bonchev–Trinajstić information content (AvgIpc) is 2.58. The van der Waals surface area contributed by atoms with E-state index in [1.165, 1.54) is 17.8 Å². The number of nitro groups is 1. The van der Waals surface area contributed by atoms with E-state index in [1.807, 2.05) is 6.07 Å². The number of thioether (sulfide) groups is 1. The summed E-state index contributed by atoms with van der Waals surface area (Å²) in [5, 5.41) is 11.1. The van der Waals surface area contributed by atoms with Gasteiger partial charge in [0.2, 0.25) is 5.88 Å². The number of nitrogens with two attached hydrogens (primary N) is 1. The van der Waals surface area contributed by atoms with Crippen LogP contribution in [0.1, 0.15) is 11.3 Å². The number of carbonyl (C=O) groups excluding carboxylic acids is 1. The Balaban J connectivity index is 1.88. The Morgan fingerprint density at radius 2 is 2.16 bits per heavy atom. The summed E-state index contributed by atoms with van der Waals surface area (Å²) < 4.78 is 10.2. The van der Waals surface area contributed by atoms with E-state index in [4.69, 9.17) is 15.2 Å². The number of carbonyl (C=O) groups is 1. The van der Waals surface area contributed by atoms with Gasteiger partial charge in [-0.25, -0.2) is 9.78 Å². The molecule has 132 valence electrons. The van der Waals surface area contributed by atoms with Crippen LogP contribution in [-0.4, -0.2) is 28.9 Å². The zero-order chi connectivity index (χ0) is 18.2. The van der Waals surface area contributed by atoms with Gasteiger partial charge in [0, 0.05) is 12.1 Å². The van der Waals surface area contributed by atoms with E-state index in [-0.39, 0.29) is 23.1 Å². The van der Waals surface area contributed by atoms with Gasteiger partial charge in [0.05, 0.1) is 28.7 Å². The van der Waals surface area contributed by atoms with Gasteiger partial charge in [-0.1, -0.05) is 12.1 Å². The summed E-state index contributed by atoms with van der Waals surface area (Å²) in [6.45, 7) is 0.597.